The Kier molecular flexibility index (Phi) is 0.523. The van der Waals surface area contributed by atoms with Gasteiger partial charge in [0.05, 0.1) is 0 Å². The van der Waals surface area contributed by atoms with E-state index in [0.29, 0.717) is 0 Å². The van der Waals surface area contributed by atoms with Crippen molar-refractivity contribution in [3.05, 3.63) is 18.7 Å². The first kappa shape index (κ1) is 2.30. The van der Waals surface area contributed by atoms with Gasteiger partial charge in [0.25, 0.3) is 0 Å². The third kappa shape index (κ3) is 0.887. The number of hydrogen-bond donors (Lipinski definition) is 0. The molecule has 1 aromatic rings. The van der Waals surface area contributed by atoms with Crippen LogP contribution < -0.4 is 0 Å². The van der Waals surface area contributed by atoms with Crippen molar-refractivity contribution in [3.8, 4) is 0 Å². The van der Waals surface area contributed by atoms with Crippen LogP contribution in [0.2, 0.25) is 0 Å². The van der Waals surface area contributed by atoms with Gasteiger partial charge in [-0.3, -0.25) is 0 Å². The van der Waals surface area contributed by atoms with Crippen molar-refractivity contribution in [2.45, 2.75) is 0 Å². The van der Waals surface area contributed by atoms with Crippen molar-refractivity contribution in [2.24, 2.45) is 0 Å². The molecular formula is C3H2FN3. The van der Waals surface area contributed by atoms with Crippen molar-refractivity contribution in [1.29, 1.82) is 0 Å². The average molecular weight is 101 g/mol. The molecule has 1 aromatic heterocycles. The summed E-state index contributed by atoms with van der Waals surface area (Å²) in [7, 11) is 0. The molecule has 0 saturated heterocycles. The summed E-state index contributed by atoms with van der Waals surface area (Å²) in [6.45, 7) is 0. The van der Waals surface area contributed by atoms with E-state index in [9.17, 15) is 4.39 Å². The molecule has 0 amide bonds. The quantitative estimate of drug-likeness (QED) is 0.462. The average Bonchev–Trinajstić information content (AvgIpc) is 1.59. The molecule has 1 heterocycles. The first-order valence-corrected chi connectivity index (χ1v) is 1.53. The van der Waals surface area contributed by atoms with Gasteiger partial charge >= 0.3 is 6.08 Å². The Balaban J connectivity index is 3.17. The first-order chi connectivity index (χ1) is 4.18. The normalized spacial score (nSPS) is 12.7. The minimum Gasteiger partial charge on any atom is -0.225 e. The zero-order valence-electron chi connectivity index (χ0n) is 5.22. The summed E-state index contributed by atoms with van der Waals surface area (Å²) in [5.41, 5.74) is 0. The second-order valence-corrected chi connectivity index (χ2v) is 0.804. The van der Waals surface area contributed by atoms with Gasteiger partial charge < -0.3 is 0 Å². The van der Waals surface area contributed by atoms with E-state index >= 15 is 0 Å². The standard InChI is InChI=1S/C3H2FN3/c4-3-6-1-5-2-7-3/h1-2H/i1D,2D. The van der Waals surface area contributed by atoms with Gasteiger partial charge in [-0.15, -0.1) is 0 Å². The van der Waals surface area contributed by atoms with Crippen LogP contribution in [0.5, 0.6) is 0 Å². The summed E-state index contributed by atoms with van der Waals surface area (Å²) in [6, 6.07) is 0. The van der Waals surface area contributed by atoms with Crippen molar-refractivity contribution < 1.29 is 7.13 Å². The number of nitrogens with zero attached hydrogens (tertiary/aromatic N) is 3. The van der Waals surface area contributed by atoms with Gasteiger partial charge in [0.1, 0.15) is 15.3 Å². The number of halogens is 1. The summed E-state index contributed by atoms with van der Waals surface area (Å²) < 4.78 is 25.2. The SMILES string of the molecule is [2H]c1nc([2H])nc(F)n1. The molecule has 0 aliphatic heterocycles. The third-order valence-electron chi connectivity index (χ3n) is 0.385. The van der Waals surface area contributed by atoms with E-state index in [1.165, 1.54) is 0 Å². The molecule has 0 atom stereocenters. The van der Waals surface area contributed by atoms with Crippen LogP contribution in [-0.4, -0.2) is 15.0 Å². The summed E-state index contributed by atoms with van der Waals surface area (Å²) in [4.78, 5) is 8.89. The minimum atomic E-state index is -1.08. The van der Waals surface area contributed by atoms with E-state index in [0.717, 1.165) is 0 Å². The molecule has 0 spiro atoms. The predicted octanol–water partition coefficient (Wildman–Crippen LogP) is 0.0107. The lowest BCUT2D eigenvalue weighted by Gasteiger charge is -1.76. The number of rotatable bonds is 0. The lowest BCUT2D eigenvalue weighted by Crippen LogP contribution is -1.85. The highest BCUT2D eigenvalue weighted by atomic mass is 19.1. The molecule has 0 bridgehead atoms. The molecule has 0 unspecified atom stereocenters. The predicted molar refractivity (Wildman–Crippen MR) is 19.8 cm³/mol. The van der Waals surface area contributed by atoms with Crippen LogP contribution in [0.15, 0.2) is 12.6 Å². The maximum Gasteiger partial charge on any atom is 0.311 e. The van der Waals surface area contributed by atoms with Crippen LogP contribution >= 0.6 is 0 Å². The molecule has 0 N–H and O–H groups in total. The first-order valence-electron chi connectivity index (χ1n) is 2.53. The minimum absolute atomic E-state index is 0.521. The van der Waals surface area contributed by atoms with Gasteiger partial charge in [0.15, 0.2) is 0 Å². The largest absolute Gasteiger partial charge is 0.311 e. The molecule has 0 fully saturated rings. The van der Waals surface area contributed by atoms with E-state index in [2.05, 4.69) is 15.0 Å². The Hall–Kier alpha value is -1.06. The van der Waals surface area contributed by atoms with Crippen LogP contribution in [0.4, 0.5) is 4.39 Å². The summed E-state index contributed by atoms with van der Waals surface area (Å²) in [6.07, 6.45) is -2.12. The van der Waals surface area contributed by atoms with Gasteiger partial charge in [-0.05, 0) is 0 Å². The maximum atomic E-state index is 11.9. The smallest absolute Gasteiger partial charge is 0.225 e. The Morgan fingerprint density at radius 2 is 2.14 bits per heavy atom. The Morgan fingerprint density at radius 3 is 2.57 bits per heavy atom. The molecule has 3 nitrogen and oxygen atoms in total. The molecule has 4 heteroatoms. The van der Waals surface area contributed by atoms with E-state index in [1.54, 1.807) is 0 Å². The molecule has 0 aromatic carbocycles. The highest BCUT2D eigenvalue weighted by Gasteiger charge is 1.81. The Labute approximate surface area is 42.1 Å². The van der Waals surface area contributed by atoms with Crippen LogP contribution in [-0.2, 0) is 0 Å². The molecule has 36 valence electrons. The van der Waals surface area contributed by atoms with Crippen molar-refractivity contribution in [1.82, 2.24) is 15.0 Å². The highest BCUT2D eigenvalue weighted by molar-refractivity contribution is 4.56. The Bertz CT molecular complexity index is 178. The van der Waals surface area contributed by atoms with E-state index < -0.39 is 18.7 Å². The number of aromatic nitrogens is 3. The second-order valence-electron chi connectivity index (χ2n) is 0.804. The molecular weight excluding hydrogens is 97.1 g/mol. The van der Waals surface area contributed by atoms with Crippen molar-refractivity contribution >= 4 is 0 Å². The molecule has 0 aliphatic rings. The third-order valence-corrected chi connectivity index (χ3v) is 0.385. The van der Waals surface area contributed by atoms with Gasteiger partial charge in [-0.25, -0.2) is 4.98 Å². The van der Waals surface area contributed by atoms with Gasteiger partial charge in [-0.1, -0.05) is 0 Å². The van der Waals surface area contributed by atoms with Crippen molar-refractivity contribution in [3.63, 3.8) is 0 Å². The van der Waals surface area contributed by atoms with E-state index in [4.69, 9.17) is 2.74 Å². The fraction of sp³-hybridized carbons (Fsp3) is 0. The monoisotopic (exact) mass is 101 g/mol. The maximum absolute atomic E-state index is 11.9. The van der Waals surface area contributed by atoms with Crippen molar-refractivity contribution in [2.75, 3.05) is 0 Å². The summed E-state index contributed by atoms with van der Waals surface area (Å²) >= 11 is 0. The van der Waals surface area contributed by atoms with Gasteiger partial charge in [-0.2, -0.15) is 14.4 Å². The lowest BCUT2D eigenvalue weighted by molar-refractivity contribution is 0.532. The van der Waals surface area contributed by atoms with Gasteiger partial charge in [0, 0.05) is 0 Å². The van der Waals surface area contributed by atoms with Crippen LogP contribution in [0.1, 0.15) is 2.74 Å². The fourth-order valence-corrected chi connectivity index (χ4v) is 0.180. The topological polar surface area (TPSA) is 38.7 Å². The molecule has 0 radical (unpaired) electrons. The molecule has 0 saturated carbocycles. The molecule has 7 heavy (non-hydrogen) atoms. The zero-order valence-corrected chi connectivity index (χ0v) is 3.22. The molecule has 0 aliphatic carbocycles. The highest BCUT2D eigenvalue weighted by Crippen LogP contribution is 1.74. The van der Waals surface area contributed by atoms with E-state index in [-0.39, 0.29) is 0 Å². The number of hydrogen-bond acceptors (Lipinski definition) is 3. The summed E-state index contributed by atoms with van der Waals surface area (Å²) in [5.74, 6) is 0. The second kappa shape index (κ2) is 1.59. The van der Waals surface area contributed by atoms with Crippen LogP contribution in [0.3, 0.4) is 0 Å². The zero-order chi connectivity index (χ0) is 6.85. The molecule has 1 rings (SSSR count). The summed E-state index contributed by atoms with van der Waals surface area (Å²) in [5, 5.41) is 0. The van der Waals surface area contributed by atoms with Gasteiger partial charge in [0.2, 0.25) is 0 Å². The van der Waals surface area contributed by atoms with Crippen LogP contribution in [0, 0.1) is 6.08 Å². The fourth-order valence-electron chi connectivity index (χ4n) is 0.180. The lowest BCUT2D eigenvalue weighted by atomic mass is 11.1. The van der Waals surface area contributed by atoms with Crippen LogP contribution in [0.25, 0.3) is 0 Å². The Morgan fingerprint density at radius 1 is 1.57 bits per heavy atom. The van der Waals surface area contributed by atoms with E-state index in [1.807, 2.05) is 0 Å².